The van der Waals surface area contributed by atoms with E-state index in [2.05, 4.69) is 15.3 Å². The molecule has 2 aromatic rings. The van der Waals surface area contributed by atoms with E-state index in [9.17, 15) is 0 Å². The highest BCUT2D eigenvalue weighted by molar-refractivity contribution is 7.10. The Kier molecular flexibility index (Phi) is 3.85. The lowest BCUT2D eigenvalue weighted by Gasteiger charge is -2.16. The zero-order chi connectivity index (χ0) is 11.2. The van der Waals surface area contributed by atoms with Crippen LogP contribution >= 0.6 is 11.3 Å². The van der Waals surface area contributed by atoms with Gasteiger partial charge in [0.25, 0.3) is 0 Å². The van der Waals surface area contributed by atoms with Crippen LogP contribution in [0.4, 0.5) is 5.82 Å². The van der Waals surface area contributed by atoms with Gasteiger partial charge in [-0.25, -0.2) is 4.98 Å². The number of hydrogen-bond acceptors (Lipinski definition) is 5. The number of anilines is 1. The van der Waals surface area contributed by atoms with E-state index < -0.39 is 0 Å². The second-order valence-electron chi connectivity index (χ2n) is 3.32. The summed E-state index contributed by atoms with van der Waals surface area (Å²) in [6, 6.07) is 4.15. The van der Waals surface area contributed by atoms with Gasteiger partial charge in [-0.3, -0.25) is 4.98 Å². The Balaban J connectivity index is 2.09. The molecule has 0 spiro atoms. The third-order valence-electron chi connectivity index (χ3n) is 2.19. The van der Waals surface area contributed by atoms with Gasteiger partial charge in [-0.2, -0.15) is 0 Å². The SMILES string of the molecule is OCCC(Nc1cnccn1)c1cccs1. The van der Waals surface area contributed by atoms with E-state index in [-0.39, 0.29) is 12.6 Å². The van der Waals surface area contributed by atoms with Crippen molar-refractivity contribution < 1.29 is 5.11 Å². The summed E-state index contributed by atoms with van der Waals surface area (Å²) < 4.78 is 0. The van der Waals surface area contributed by atoms with Crippen LogP contribution in [0.25, 0.3) is 0 Å². The van der Waals surface area contributed by atoms with Gasteiger partial charge in [-0.05, 0) is 17.9 Å². The van der Waals surface area contributed by atoms with Crippen molar-refractivity contribution >= 4 is 17.2 Å². The Morgan fingerprint density at radius 1 is 1.44 bits per heavy atom. The van der Waals surface area contributed by atoms with E-state index in [1.165, 1.54) is 4.88 Å². The van der Waals surface area contributed by atoms with Crippen molar-refractivity contribution in [2.75, 3.05) is 11.9 Å². The van der Waals surface area contributed by atoms with Crippen LogP contribution in [0, 0.1) is 0 Å². The highest BCUT2D eigenvalue weighted by Crippen LogP contribution is 2.24. The second kappa shape index (κ2) is 5.58. The molecule has 0 fully saturated rings. The van der Waals surface area contributed by atoms with Gasteiger partial charge in [0, 0.05) is 23.9 Å². The van der Waals surface area contributed by atoms with Crippen LogP contribution in [-0.2, 0) is 0 Å². The summed E-state index contributed by atoms with van der Waals surface area (Å²) in [6.07, 6.45) is 5.62. The summed E-state index contributed by atoms with van der Waals surface area (Å²) >= 11 is 1.67. The highest BCUT2D eigenvalue weighted by atomic mass is 32.1. The molecule has 5 heteroatoms. The molecule has 0 bridgehead atoms. The molecule has 0 saturated heterocycles. The minimum Gasteiger partial charge on any atom is -0.396 e. The molecule has 0 aliphatic rings. The number of aliphatic hydroxyl groups is 1. The number of rotatable bonds is 5. The molecule has 16 heavy (non-hydrogen) atoms. The van der Waals surface area contributed by atoms with Gasteiger partial charge in [-0.15, -0.1) is 11.3 Å². The Hall–Kier alpha value is -1.46. The Bertz CT molecular complexity index is 404. The lowest BCUT2D eigenvalue weighted by molar-refractivity contribution is 0.280. The lowest BCUT2D eigenvalue weighted by atomic mass is 10.2. The summed E-state index contributed by atoms with van der Waals surface area (Å²) in [5, 5.41) is 14.3. The maximum atomic E-state index is 9.04. The third kappa shape index (κ3) is 2.77. The normalized spacial score (nSPS) is 12.3. The van der Waals surface area contributed by atoms with Crippen LogP contribution in [-0.4, -0.2) is 21.7 Å². The summed E-state index contributed by atoms with van der Waals surface area (Å²) in [5.74, 6) is 0.731. The number of aliphatic hydroxyl groups excluding tert-OH is 1. The summed E-state index contributed by atoms with van der Waals surface area (Å²) in [4.78, 5) is 9.35. The van der Waals surface area contributed by atoms with E-state index in [1.807, 2.05) is 17.5 Å². The van der Waals surface area contributed by atoms with Crippen LogP contribution in [0.3, 0.4) is 0 Å². The van der Waals surface area contributed by atoms with Crippen LogP contribution in [0.5, 0.6) is 0 Å². The van der Waals surface area contributed by atoms with Crippen LogP contribution in [0.2, 0.25) is 0 Å². The summed E-state index contributed by atoms with van der Waals surface area (Å²) in [7, 11) is 0. The molecule has 1 unspecified atom stereocenters. The molecular weight excluding hydrogens is 222 g/mol. The first-order valence-corrected chi connectivity index (χ1v) is 5.95. The minimum atomic E-state index is 0.0988. The van der Waals surface area contributed by atoms with Crippen LogP contribution in [0.15, 0.2) is 36.1 Å². The van der Waals surface area contributed by atoms with Gasteiger partial charge >= 0.3 is 0 Å². The molecule has 2 rings (SSSR count). The molecule has 1 atom stereocenters. The van der Waals surface area contributed by atoms with Crippen molar-refractivity contribution in [1.29, 1.82) is 0 Å². The van der Waals surface area contributed by atoms with E-state index in [0.717, 1.165) is 5.82 Å². The third-order valence-corrected chi connectivity index (χ3v) is 3.18. The molecule has 2 N–H and O–H groups in total. The monoisotopic (exact) mass is 235 g/mol. The standard InChI is InChI=1S/C11H13N3OS/c15-6-3-9(10-2-1-7-16-10)14-11-8-12-4-5-13-11/h1-2,4-5,7-9,15H,3,6H2,(H,13,14). The van der Waals surface area contributed by atoms with Gasteiger partial charge < -0.3 is 10.4 Å². The van der Waals surface area contributed by atoms with E-state index in [4.69, 9.17) is 5.11 Å². The van der Waals surface area contributed by atoms with Gasteiger partial charge in [0.15, 0.2) is 0 Å². The molecule has 84 valence electrons. The topological polar surface area (TPSA) is 58.0 Å². The number of thiophene rings is 1. The average Bonchev–Trinajstić information content (AvgIpc) is 2.83. The average molecular weight is 235 g/mol. The second-order valence-corrected chi connectivity index (χ2v) is 4.29. The van der Waals surface area contributed by atoms with Crippen molar-refractivity contribution in [2.24, 2.45) is 0 Å². The quantitative estimate of drug-likeness (QED) is 0.833. The Morgan fingerprint density at radius 3 is 3.00 bits per heavy atom. The zero-order valence-corrected chi connectivity index (χ0v) is 9.52. The van der Waals surface area contributed by atoms with Crippen molar-refractivity contribution in [3.05, 3.63) is 41.0 Å². The van der Waals surface area contributed by atoms with Crippen molar-refractivity contribution in [2.45, 2.75) is 12.5 Å². The van der Waals surface area contributed by atoms with Crippen molar-refractivity contribution in [1.82, 2.24) is 9.97 Å². The summed E-state index contributed by atoms with van der Waals surface area (Å²) in [5.41, 5.74) is 0. The van der Waals surface area contributed by atoms with Crippen molar-refractivity contribution in [3.8, 4) is 0 Å². The first-order valence-electron chi connectivity index (χ1n) is 5.07. The van der Waals surface area contributed by atoms with E-state index in [1.54, 1.807) is 29.9 Å². The lowest BCUT2D eigenvalue weighted by Crippen LogP contribution is -2.12. The first-order chi connectivity index (χ1) is 7.90. The fourth-order valence-corrected chi connectivity index (χ4v) is 2.27. The Morgan fingerprint density at radius 2 is 2.38 bits per heavy atom. The molecule has 4 nitrogen and oxygen atoms in total. The maximum absolute atomic E-state index is 9.04. The first kappa shape index (κ1) is 11.0. The minimum absolute atomic E-state index is 0.0988. The highest BCUT2D eigenvalue weighted by Gasteiger charge is 2.12. The number of nitrogens with zero attached hydrogens (tertiary/aromatic N) is 2. The van der Waals surface area contributed by atoms with Gasteiger partial charge in [-0.1, -0.05) is 6.07 Å². The van der Waals surface area contributed by atoms with E-state index in [0.29, 0.717) is 6.42 Å². The largest absolute Gasteiger partial charge is 0.396 e. The number of nitrogens with one attached hydrogen (secondary N) is 1. The fourth-order valence-electron chi connectivity index (χ4n) is 1.46. The van der Waals surface area contributed by atoms with Gasteiger partial charge in [0.05, 0.1) is 12.2 Å². The summed E-state index contributed by atoms with van der Waals surface area (Å²) in [6.45, 7) is 0.149. The molecule has 0 radical (unpaired) electrons. The molecule has 2 aromatic heterocycles. The zero-order valence-electron chi connectivity index (χ0n) is 8.71. The molecule has 0 aliphatic carbocycles. The Labute approximate surface area is 98.0 Å². The number of hydrogen-bond donors (Lipinski definition) is 2. The maximum Gasteiger partial charge on any atom is 0.144 e. The smallest absolute Gasteiger partial charge is 0.144 e. The van der Waals surface area contributed by atoms with Gasteiger partial charge in [0.2, 0.25) is 0 Å². The van der Waals surface area contributed by atoms with Crippen LogP contribution in [0.1, 0.15) is 17.3 Å². The molecule has 0 aliphatic heterocycles. The molecule has 2 heterocycles. The molecule has 0 aromatic carbocycles. The van der Waals surface area contributed by atoms with Gasteiger partial charge in [0.1, 0.15) is 5.82 Å². The predicted octanol–water partition coefficient (Wildman–Crippen LogP) is 2.07. The van der Waals surface area contributed by atoms with Crippen LogP contribution < -0.4 is 5.32 Å². The molecule has 0 amide bonds. The van der Waals surface area contributed by atoms with Crippen molar-refractivity contribution in [3.63, 3.8) is 0 Å². The van der Waals surface area contributed by atoms with E-state index >= 15 is 0 Å². The fraction of sp³-hybridized carbons (Fsp3) is 0.273. The molecule has 0 saturated carbocycles. The number of aromatic nitrogens is 2. The molecular formula is C11H13N3OS. The predicted molar refractivity (Wildman–Crippen MR) is 64.4 cm³/mol.